The number of nitrogens with one attached hydrogen (secondary N) is 1. The predicted octanol–water partition coefficient (Wildman–Crippen LogP) is 3.12. The van der Waals surface area contributed by atoms with Crippen molar-refractivity contribution in [2.45, 2.75) is 53.0 Å². The summed E-state index contributed by atoms with van der Waals surface area (Å²) in [7, 11) is 0. The Bertz CT molecular complexity index is 272. The summed E-state index contributed by atoms with van der Waals surface area (Å²) in [5, 5.41) is 0. The van der Waals surface area contributed by atoms with E-state index in [1.54, 1.807) is 6.33 Å². The standard InChI is InChI=1S/C13H25N3/c1-4-6-8-16(9-7-5-2)10-13-12(3)14-11-15-13/h11H,4-10H2,1-3H3,(H,14,15). The molecule has 0 saturated heterocycles. The molecule has 0 aliphatic carbocycles. The molecule has 0 spiro atoms. The molecular weight excluding hydrogens is 198 g/mol. The van der Waals surface area contributed by atoms with Gasteiger partial charge in [-0.2, -0.15) is 0 Å². The largest absolute Gasteiger partial charge is 0.348 e. The number of H-pyrrole nitrogens is 1. The average Bonchev–Trinajstić information content (AvgIpc) is 2.68. The maximum absolute atomic E-state index is 4.37. The van der Waals surface area contributed by atoms with E-state index in [2.05, 4.69) is 35.6 Å². The van der Waals surface area contributed by atoms with Crippen LogP contribution in [0.25, 0.3) is 0 Å². The zero-order chi connectivity index (χ0) is 11.8. The summed E-state index contributed by atoms with van der Waals surface area (Å²) in [4.78, 5) is 10.0. The van der Waals surface area contributed by atoms with Gasteiger partial charge in [0.25, 0.3) is 0 Å². The zero-order valence-electron chi connectivity index (χ0n) is 10.9. The third kappa shape index (κ3) is 4.35. The Kier molecular flexibility index (Phi) is 6.16. The number of unbranched alkanes of at least 4 members (excludes halogenated alkanes) is 2. The summed E-state index contributed by atoms with van der Waals surface area (Å²) in [6.45, 7) is 9.98. The first-order valence-electron chi connectivity index (χ1n) is 6.49. The summed E-state index contributed by atoms with van der Waals surface area (Å²) >= 11 is 0. The fourth-order valence-electron chi connectivity index (χ4n) is 1.79. The van der Waals surface area contributed by atoms with Gasteiger partial charge in [0.2, 0.25) is 0 Å². The van der Waals surface area contributed by atoms with Crippen molar-refractivity contribution in [2.75, 3.05) is 13.1 Å². The van der Waals surface area contributed by atoms with Crippen LogP contribution in [0.4, 0.5) is 0 Å². The normalized spacial score (nSPS) is 11.2. The van der Waals surface area contributed by atoms with Crippen molar-refractivity contribution in [3.63, 3.8) is 0 Å². The molecule has 16 heavy (non-hydrogen) atoms. The van der Waals surface area contributed by atoms with Crippen molar-refractivity contribution >= 4 is 0 Å². The first-order valence-corrected chi connectivity index (χ1v) is 6.49. The van der Waals surface area contributed by atoms with Gasteiger partial charge in [0.1, 0.15) is 0 Å². The van der Waals surface area contributed by atoms with Crippen LogP contribution in [0, 0.1) is 6.92 Å². The number of aryl methyl sites for hydroxylation is 1. The maximum atomic E-state index is 4.37. The molecule has 0 fully saturated rings. The minimum atomic E-state index is 0.995. The van der Waals surface area contributed by atoms with Crippen LogP contribution in [0.15, 0.2) is 6.33 Å². The van der Waals surface area contributed by atoms with Crippen molar-refractivity contribution in [3.05, 3.63) is 17.7 Å². The molecule has 0 aliphatic heterocycles. The van der Waals surface area contributed by atoms with Gasteiger partial charge in [-0.05, 0) is 32.9 Å². The number of aromatic nitrogens is 2. The smallest absolute Gasteiger partial charge is 0.0925 e. The van der Waals surface area contributed by atoms with Crippen molar-refractivity contribution in [1.82, 2.24) is 14.9 Å². The topological polar surface area (TPSA) is 31.9 Å². The highest BCUT2D eigenvalue weighted by Crippen LogP contribution is 2.08. The van der Waals surface area contributed by atoms with Gasteiger partial charge in [-0.15, -0.1) is 0 Å². The van der Waals surface area contributed by atoms with Crippen LogP contribution in [0.3, 0.4) is 0 Å². The summed E-state index contributed by atoms with van der Waals surface area (Å²) in [5.41, 5.74) is 2.41. The highest BCUT2D eigenvalue weighted by Gasteiger charge is 2.08. The second kappa shape index (κ2) is 7.44. The number of hydrogen-bond donors (Lipinski definition) is 1. The minimum absolute atomic E-state index is 0.995. The van der Waals surface area contributed by atoms with E-state index >= 15 is 0 Å². The fourth-order valence-corrected chi connectivity index (χ4v) is 1.79. The zero-order valence-corrected chi connectivity index (χ0v) is 10.9. The highest BCUT2D eigenvalue weighted by molar-refractivity contribution is 5.08. The van der Waals surface area contributed by atoms with Gasteiger partial charge < -0.3 is 4.98 Å². The van der Waals surface area contributed by atoms with Gasteiger partial charge in [-0.25, -0.2) is 4.98 Å². The molecule has 0 aliphatic rings. The van der Waals surface area contributed by atoms with Gasteiger partial charge in [-0.1, -0.05) is 26.7 Å². The fraction of sp³-hybridized carbons (Fsp3) is 0.769. The molecule has 0 bridgehead atoms. The molecule has 3 heteroatoms. The Balaban J connectivity index is 2.45. The lowest BCUT2D eigenvalue weighted by atomic mass is 10.2. The Labute approximate surface area is 99.3 Å². The van der Waals surface area contributed by atoms with E-state index in [4.69, 9.17) is 0 Å². The van der Waals surface area contributed by atoms with Crippen molar-refractivity contribution in [2.24, 2.45) is 0 Å². The molecule has 3 nitrogen and oxygen atoms in total. The van der Waals surface area contributed by atoms with Crippen LogP contribution in [0.5, 0.6) is 0 Å². The lowest BCUT2D eigenvalue weighted by Crippen LogP contribution is -2.26. The van der Waals surface area contributed by atoms with Crippen LogP contribution >= 0.6 is 0 Å². The molecule has 1 rings (SSSR count). The van der Waals surface area contributed by atoms with Gasteiger partial charge >= 0.3 is 0 Å². The maximum Gasteiger partial charge on any atom is 0.0925 e. The van der Waals surface area contributed by atoms with E-state index in [-0.39, 0.29) is 0 Å². The van der Waals surface area contributed by atoms with Crippen LogP contribution < -0.4 is 0 Å². The molecule has 1 N–H and O–H groups in total. The Hall–Kier alpha value is -0.830. The SMILES string of the molecule is CCCCN(CCCC)Cc1nc[nH]c1C. The lowest BCUT2D eigenvalue weighted by Gasteiger charge is -2.21. The van der Waals surface area contributed by atoms with Crippen LogP contribution in [0.2, 0.25) is 0 Å². The van der Waals surface area contributed by atoms with Crippen molar-refractivity contribution in [3.8, 4) is 0 Å². The molecule has 0 unspecified atom stereocenters. The minimum Gasteiger partial charge on any atom is -0.348 e. The number of nitrogens with zero attached hydrogens (tertiary/aromatic N) is 2. The monoisotopic (exact) mass is 223 g/mol. The molecule has 0 aromatic carbocycles. The summed E-state index contributed by atoms with van der Waals surface area (Å²) < 4.78 is 0. The van der Waals surface area contributed by atoms with E-state index in [1.807, 2.05) is 0 Å². The molecule has 1 aromatic heterocycles. The lowest BCUT2D eigenvalue weighted by molar-refractivity contribution is 0.254. The number of hydrogen-bond acceptors (Lipinski definition) is 2. The third-order valence-electron chi connectivity index (χ3n) is 2.96. The Morgan fingerprint density at radius 3 is 2.25 bits per heavy atom. The van der Waals surface area contributed by atoms with Crippen LogP contribution in [-0.2, 0) is 6.54 Å². The average molecular weight is 223 g/mol. The van der Waals surface area contributed by atoms with Crippen LogP contribution in [0.1, 0.15) is 50.9 Å². The molecule has 0 saturated carbocycles. The molecule has 0 amide bonds. The van der Waals surface area contributed by atoms with E-state index in [0.717, 1.165) is 6.54 Å². The quantitative estimate of drug-likeness (QED) is 0.734. The number of imidazole rings is 1. The third-order valence-corrected chi connectivity index (χ3v) is 2.96. The van der Waals surface area contributed by atoms with Gasteiger partial charge in [-0.3, -0.25) is 4.90 Å². The summed E-state index contributed by atoms with van der Waals surface area (Å²) in [6, 6.07) is 0. The highest BCUT2D eigenvalue weighted by atomic mass is 15.1. The van der Waals surface area contributed by atoms with E-state index in [0.29, 0.717) is 0 Å². The number of aromatic amines is 1. The molecular formula is C13H25N3. The number of rotatable bonds is 8. The Morgan fingerprint density at radius 1 is 1.19 bits per heavy atom. The van der Waals surface area contributed by atoms with Crippen molar-refractivity contribution < 1.29 is 0 Å². The molecule has 0 atom stereocenters. The van der Waals surface area contributed by atoms with Gasteiger partial charge in [0, 0.05) is 12.2 Å². The van der Waals surface area contributed by atoms with E-state index in [1.165, 1.54) is 50.2 Å². The van der Waals surface area contributed by atoms with E-state index < -0.39 is 0 Å². The first-order chi connectivity index (χ1) is 7.77. The second-order valence-corrected chi connectivity index (χ2v) is 4.46. The predicted molar refractivity (Wildman–Crippen MR) is 68.4 cm³/mol. The molecule has 92 valence electrons. The molecule has 0 radical (unpaired) electrons. The summed E-state index contributed by atoms with van der Waals surface area (Å²) in [5.74, 6) is 0. The molecule has 1 heterocycles. The van der Waals surface area contributed by atoms with E-state index in [9.17, 15) is 0 Å². The van der Waals surface area contributed by atoms with Crippen LogP contribution in [-0.4, -0.2) is 28.0 Å². The molecule has 1 aromatic rings. The second-order valence-electron chi connectivity index (χ2n) is 4.46. The Morgan fingerprint density at radius 2 is 1.81 bits per heavy atom. The first kappa shape index (κ1) is 13.2. The van der Waals surface area contributed by atoms with Gasteiger partial charge in [0.15, 0.2) is 0 Å². The summed E-state index contributed by atoms with van der Waals surface area (Å²) in [6.07, 6.45) is 6.90. The van der Waals surface area contributed by atoms with Crippen molar-refractivity contribution in [1.29, 1.82) is 0 Å². The van der Waals surface area contributed by atoms with Gasteiger partial charge in [0.05, 0.1) is 12.0 Å².